The number of nitrogens with zero attached hydrogens (tertiary/aromatic N) is 2. The number of benzene rings is 2. The maximum absolute atomic E-state index is 13.0. The van der Waals surface area contributed by atoms with E-state index in [1.807, 2.05) is 26.0 Å². The molecule has 25 heavy (non-hydrogen) atoms. The van der Waals surface area contributed by atoms with Gasteiger partial charge in [-0.1, -0.05) is 29.8 Å². The summed E-state index contributed by atoms with van der Waals surface area (Å²) in [5.41, 5.74) is 3.60. The SMILES string of the molecule is Cc1ccc(C(=O)Nc2nn(Cc3ccc(F)cc3)cc2Cl)cc1C. The number of anilines is 1. The summed E-state index contributed by atoms with van der Waals surface area (Å²) in [5.74, 6) is -0.257. The van der Waals surface area contributed by atoms with Crippen molar-refractivity contribution in [2.75, 3.05) is 5.32 Å². The van der Waals surface area contributed by atoms with Crippen LogP contribution >= 0.6 is 11.6 Å². The molecule has 6 heteroatoms. The molecule has 3 aromatic rings. The van der Waals surface area contributed by atoms with Crippen molar-refractivity contribution >= 4 is 23.3 Å². The molecular weight excluding hydrogens is 341 g/mol. The number of rotatable bonds is 4. The third-order valence-corrected chi connectivity index (χ3v) is 4.25. The first-order chi connectivity index (χ1) is 11.9. The molecule has 0 unspecified atom stereocenters. The number of amides is 1. The van der Waals surface area contributed by atoms with Gasteiger partial charge in [0.15, 0.2) is 5.82 Å². The lowest BCUT2D eigenvalue weighted by molar-refractivity contribution is 0.102. The highest BCUT2D eigenvalue weighted by molar-refractivity contribution is 6.33. The van der Waals surface area contributed by atoms with Gasteiger partial charge < -0.3 is 5.32 Å². The zero-order valence-electron chi connectivity index (χ0n) is 13.9. The second-order valence-electron chi connectivity index (χ2n) is 5.90. The van der Waals surface area contributed by atoms with Crippen molar-refractivity contribution in [3.8, 4) is 0 Å². The van der Waals surface area contributed by atoms with Gasteiger partial charge in [0, 0.05) is 11.8 Å². The third kappa shape index (κ3) is 4.06. The molecule has 0 fully saturated rings. The lowest BCUT2D eigenvalue weighted by atomic mass is 10.1. The Morgan fingerprint density at radius 2 is 1.88 bits per heavy atom. The van der Waals surface area contributed by atoms with E-state index < -0.39 is 0 Å². The molecule has 0 spiro atoms. The average Bonchev–Trinajstić information content (AvgIpc) is 2.91. The lowest BCUT2D eigenvalue weighted by Gasteiger charge is -2.06. The van der Waals surface area contributed by atoms with Gasteiger partial charge in [-0.25, -0.2) is 4.39 Å². The Labute approximate surface area is 150 Å². The number of nitrogens with one attached hydrogen (secondary N) is 1. The first-order valence-electron chi connectivity index (χ1n) is 7.78. The van der Waals surface area contributed by atoms with Crippen LogP contribution in [0, 0.1) is 19.7 Å². The maximum atomic E-state index is 13.0. The number of halogens is 2. The second kappa shape index (κ2) is 7.07. The van der Waals surface area contributed by atoms with Crippen LogP contribution in [0.3, 0.4) is 0 Å². The molecule has 4 nitrogen and oxygen atoms in total. The van der Waals surface area contributed by atoms with Crippen molar-refractivity contribution in [1.82, 2.24) is 9.78 Å². The molecule has 0 aliphatic rings. The predicted molar refractivity (Wildman–Crippen MR) is 96.6 cm³/mol. The first kappa shape index (κ1) is 17.2. The molecule has 0 saturated carbocycles. The smallest absolute Gasteiger partial charge is 0.256 e. The number of carbonyl (C=O) groups excluding carboxylic acids is 1. The van der Waals surface area contributed by atoms with Crippen LogP contribution in [0.5, 0.6) is 0 Å². The summed E-state index contributed by atoms with van der Waals surface area (Å²) in [6.07, 6.45) is 1.63. The largest absolute Gasteiger partial charge is 0.304 e. The summed E-state index contributed by atoms with van der Waals surface area (Å²) in [4.78, 5) is 12.4. The van der Waals surface area contributed by atoms with Gasteiger partial charge >= 0.3 is 0 Å². The molecule has 1 N–H and O–H groups in total. The molecule has 1 aromatic heterocycles. The lowest BCUT2D eigenvalue weighted by Crippen LogP contribution is -2.13. The average molecular weight is 358 g/mol. The highest BCUT2D eigenvalue weighted by Gasteiger charge is 2.13. The minimum absolute atomic E-state index is 0.267. The molecule has 1 amide bonds. The van der Waals surface area contributed by atoms with E-state index in [1.54, 1.807) is 29.1 Å². The standard InChI is InChI=1S/C19H17ClFN3O/c1-12-3-6-15(9-13(12)2)19(25)22-18-17(20)11-24(23-18)10-14-4-7-16(21)8-5-14/h3-9,11H,10H2,1-2H3,(H,22,23,25). The van der Waals surface area contributed by atoms with Gasteiger partial charge in [-0.15, -0.1) is 0 Å². The van der Waals surface area contributed by atoms with E-state index in [-0.39, 0.29) is 11.7 Å². The van der Waals surface area contributed by atoms with Gasteiger partial charge in [0.05, 0.1) is 6.54 Å². The molecule has 3 rings (SSSR count). The van der Waals surface area contributed by atoms with E-state index in [2.05, 4.69) is 10.4 Å². The summed E-state index contributed by atoms with van der Waals surface area (Å²) in [6, 6.07) is 11.6. The highest BCUT2D eigenvalue weighted by atomic mass is 35.5. The van der Waals surface area contributed by atoms with E-state index in [0.29, 0.717) is 22.9 Å². The molecule has 0 aliphatic carbocycles. The van der Waals surface area contributed by atoms with Crippen molar-refractivity contribution < 1.29 is 9.18 Å². The molecule has 0 bridgehead atoms. The quantitative estimate of drug-likeness (QED) is 0.742. The summed E-state index contributed by atoms with van der Waals surface area (Å²) in [5, 5.41) is 7.36. The van der Waals surface area contributed by atoms with Gasteiger partial charge in [0.25, 0.3) is 5.91 Å². The van der Waals surface area contributed by atoms with Crippen molar-refractivity contribution in [2.24, 2.45) is 0 Å². The number of hydrogen-bond donors (Lipinski definition) is 1. The molecule has 128 valence electrons. The molecule has 1 heterocycles. The van der Waals surface area contributed by atoms with Gasteiger partial charge in [-0.05, 0) is 54.8 Å². The van der Waals surface area contributed by atoms with Crippen molar-refractivity contribution in [1.29, 1.82) is 0 Å². The molecule has 2 aromatic carbocycles. The second-order valence-corrected chi connectivity index (χ2v) is 6.31. The highest BCUT2D eigenvalue weighted by Crippen LogP contribution is 2.21. The monoisotopic (exact) mass is 357 g/mol. The Bertz CT molecular complexity index is 919. The topological polar surface area (TPSA) is 46.9 Å². The zero-order valence-corrected chi connectivity index (χ0v) is 14.6. The zero-order chi connectivity index (χ0) is 18.0. The van der Waals surface area contributed by atoms with Crippen LogP contribution in [-0.4, -0.2) is 15.7 Å². The third-order valence-electron chi connectivity index (χ3n) is 3.98. The fraction of sp³-hybridized carbons (Fsp3) is 0.158. The summed E-state index contributed by atoms with van der Waals surface area (Å²) in [7, 11) is 0. The fourth-order valence-corrected chi connectivity index (χ4v) is 2.60. The minimum atomic E-state index is -0.288. The van der Waals surface area contributed by atoms with Crippen LogP contribution in [0.25, 0.3) is 0 Å². The van der Waals surface area contributed by atoms with E-state index in [1.165, 1.54) is 12.1 Å². The summed E-state index contributed by atoms with van der Waals surface area (Å²) >= 11 is 6.17. The van der Waals surface area contributed by atoms with Crippen LogP contribution < -0.4 is 5.32 Å². The molecule has 0 saturated heterocycles. The van der Waals surface area contributed by atoms with E-state index in [4.69, 9.17) is 11.6 Å². The number of aryl methyl sites for hydroxylation is 2. The number of hydrogen-bond acceptors (Lipinski definition) is 2. The Hall–Kier alpha value is -2.66. The number of carbonyl (C=O) groups is 1. The van der Waals surface area contributed by atoms with Crippen molar-refractivity contribution in [3.05, 3.63) is 81.8 Å². The predicted octanol–water partition coefficient (Wildman–Crippen LogP) is 4.59. The van der Waals surface area contributed by atoms with Crippen LogP contribution in [-0.2, 0) is 6.54 Å². The van der Waals surface area contributed by atoms with E-state index in [0.717, 1.165) is 16.7 Å². The van der Waals surface area contributed by atoms with Crippen LogP contribution in [0.1, 0.15) is 27.0 Å². The molecule has 0 atom stereocenters. The molecule has 0 aliphatic heterocycles. The minimum Gasteiger partial charge on any atom is -0.304 e. The Kier molecular flexibility index (Phi) is 4.86. The Balaban J connectivity index is 1.74. The Morgan fingerprint density at radius 3 is 2.56 bits per heavy atom. The van der Waals surface area contributed by atoms with Gasteiger partial charge in [0.1, 0.15) is 10.8 Å². The van der Waals surface area contributed by atoms with Crippen molar-refractivity contribution in [3.63, 3.8) is 0 Å². The van der Waals surface area contributed by atoms with Crippen LogP contribution in [0.15, 0.2) is 48.7 Å². The summed E-state index contributed by atoms with van der Waals surface area (Å²) < 4.78 is 14.6. The van der Waals surface area contributed by atoms with Gasteiger partial charge in [-0.3, -0.25) is 9.48 Å². The van der Waals surface area contributed by atoms with Gasteiger partial charge in [0.2, 0.25) is 0 Å². The first-order valence-corrected chi connectivity index (χ1v) is 8.16. The number of aromatic nitrogens is 2. The van der Waals surface area contributed by atoms with E-state index in [9.17, 15) is 9.18 Å². The van der Waals surface area contributed by atoms with Crippen LogP contribution in [0.4, 0.5) is 10.2 Å². The van der Waals surface area contributed by atoms with Crippen molar-refractivity contribution in [2.45, 2.75) is 20.4 Å². The molecule has 0 radical (unpaired) electrons. The normalized spacial score (nSPS) is 10.7. The molecular formula is C19H17ClFN3O. The van der Waals surface area contributed by atoms with Crippen LogP contribution in [0.2, 0.25) is 5.02 Å². The van der Waals surface area contributed by atoms with E-state index >= 15 is 0 Å². The summed E-state index contributed by atoms with van der Waals surface area (Å²) in [6.45, 7) is 4.38. The Morgan fingerprint density at radius 1 is 1.16 bits per heavy atom. The van der Waals surface area contributed by atoms with Gasteiger partial charge in [-0.2, -0.15) is 5.10 Å². The fourth-order valence-electron chi connectivity index (χ4n) is 2.40. The maximum Gasteiger partial charge on any atom is 0.256 e.